The molecular formula is C36H62N4. The third-order valence-corrected chi connectivity index (χ3v) is 8.16. The zero-order valence-electron chi connectivity index (χ0n) is 26.4. The number of nitrogens with zero attached hydrogens (tertiary/aromatic N) is 3. The van der Waals surface area contributed by atoms with Crippen molar-refractivity contribution in [2.24, 2.45) is 4.99 Å². The van der Waals surface area contributed by atoms with E-state index in [2.05, 4.69) is 59.8 Å². The molecule has 0 aliphatic heterocycles. The Morgan fingerprint density at radius 2 is 1.10 bits per heavy atom. The molecule has 1 N–H and O–H groups in total. The predicted molar refractivity (Wildman–Crippen MR) is 173 cm³/mol. The molecule has 4 heteroatoms. The third kappa shape index (κ3) is 16.9. The van der Waals surface area contributed by atoms with Gasteiger partial charge in [0.05, 0.1) is 10.7 Å². The maximum atomic E-state index is 8.03. The fraction of sp³-hybridized carbons (Fsp3) is 0.722. The summed E-state index contributed by atoms with van der Waals surface area (Å²) in [7, 11) is 0. The monoisotopic (exact) mass is 550 g/mol. The summed E-state index contributed by atoms with van der Waals surface area (Å²) < 4.78 is 4.73. The second-order valence-electron chi connectivity index (χ2n) is 11.9. The summed E-state index contributed by atoms with van der Waals surface area (Å²) in [5.74, 6) is 0. The highest BCUT2D eigenvalue weighted by Gasteiger charge is 2.02. The SMILES string of the molecule is CCCCCCCCN=c1ccn(CCCCCCCCCCn2ccc(=N)cc2CCCCCCCC)cc1. The van der Waals surface area contributed by atoms with Crippen LogP contribution in [0.25, 0.3) is 0 Å². The molecular weight excluding hydrogens is 488 g/mol. The van der Waals surface area contributed by atoms with Crippen molar-refractivity contribution in [3.8, 4) is 0 Å². The maximum absolute atomic E-state index is 8.03. The van der Waals surface area contributed by atoms with Crippen LogP contribution in [0.3, 0.4) is 0 Å². The summed E-state index contributed by atoms with van der Waals surface area (Å²) in [4.78, 5) is 4.74. The van der Waals surface area contributed by atoms with Crippen molar-refractivity contribution in [3.63, 3.8) is 0 Å². The van der Waals surface area contributed by atoms with Gasteiger partial charge in [-0.1, -0.05) is 117 Å². The van der Waals surface area contributed by atoms with Crippen LogP contribution in [-0.4, -0.2) is 15.7 Å². The van der Waals surface area contributed by atoms with Crippen molar-refractivity contribution in [1.29, 1.82) is 5.41 Å². The van der Waals surface area contributed by atoms with Crippen LogP contribution in [0.5, 0.6) is 0 Å². The normalized spacial score (nSPS) is 11.2. The summed E-state index contributed by atoms with van der Waals surface area (Å²) >= 11 is 0. The van der Waals surface area contributed by atoms with E-state index in [9.17, 15) is 0 Å². The minimum absolute atomic E-state index is 0.655. The second kappa shape index (κ2) is 23.6. The van der Waals surface area contributed by atoms with E-state index in [1.807, 2.05) is 6.07 Å². The van der Waals surface area contributed by atoms with E-state index in [0.717, 1.165) is 31.4 Å². The summed E-state index contributed by atoms with van der Waals surface area (Å²) in [6, 6.07) is 8.39. The number of aryl methyl sites for hydroxylation is 3. The van der Waals surface area contributed by atoms with Gasteiger partial charge in [0.15, 0.2) is 0 Å². The lowest BCUT2D eigenvalue weighted by Crippen LogP contribution is -2.12. The van der Waals surface area contributed by atoms with E-state index in [1.54, 1.807) is 0 Å². The number of aromatic nitrogens is 2. The Bertz CT molecular complexity index is 966. The molecule has 40 heavy (non-hydrogen) atoms. The lowest BCUT2D eigenvalue weighted by atomic mass is 10.1. The molecule has 0 saturated heterocycles. The highest BCUT2D eigenvalue weighted by Crippen LogP contribution is 2.13. The molecule has 0 fully saturated rings. The Balaban J connectivity index is 1.48. The highest BCUT2D eigenvalue weighted by atomic mass is 15.0. The molecule has 2 heterocycles. The van der Waals surface area contributed by atoms with Gasteiger partial charge >= 0.3 is 0 Å². The Hall–Kier alpha value is -2.10. The minimum atomic E-state index is 0.655. The summed E-state index contributed by atoms with van der Waals surface area (Å²) in [6.07, 6.45) is 34.2. The molecule has 0 aromatic carbocycles. The fourth-order valence-electron chi connectivity index (χ4n) is 5.54. The van der Waals surface area contributed by atoms with E-state index < -0.39 is 0 Å². The summed E-state index contributed by atoms with van der Waals surface area (Å²) in [6.45, 7) is 7.74. The van der Waals surface area contributed by atoms with Crippen molar-refractivity contribution in [2.45, 2.75) is 162 Å². The average Bonchev–Trinajstić information content (AvgIpc) is 2.97. The molecule has 0 spiro atoms. The van der Waals surface area contributed by atoms with Gasteiger partial charge in [-0.05, 0) is 56.4 Å². The Morgan fingerprint density at radius 3 is 1.73 bits per heavy atom. The van der Waals surface area contributed by atoms with Crippen molar-refractivity contribution in [1.82, 2.24) is 9.13 Å². The third-order valence-electron chi connectivity index (χ3n) is 8.16. The van der Waals surface area contributed by atoms with Crippen molar-refractivity contribution in [2.75, 3.05) is 6.54 Å². The molecule has 0 atom stereocenters. The minimum Gasteiger partial charge on any atom is -0.354 e. The van der Waals surface area contributed by atoms with Gasteiger partial charge in [0, 0.05) is 43.9 Å². The highest BCUT2D eigenvalue weighted by molar-refractivity contribution is 5.06. The second-order valence-corrected chi connectivity index (χ2v) is 11.9. The van der Waals surface area contributed by atoms with Gasteiger partial charge in [0.1, 0.15) is 0 Å². The number of hydrogen-bond acceptors (Lipinski definition) is 2. The van der Waals surface area contributed by atoms with Crippen molar-refractivity contribution < 1.29 is 0 Å². The molecule has 4 nitrogen and oxygen atoms in total. The fourth-order valence-corrected chi connectivity index (χ4v) is 5.54. The van der Waals surface area contributed by atoms with E-state index in [4.69, 9.17) is 10.4 Å². The van der Waals surface area contributed by atoms with Crippen molar-refractivity contribution >= 4 is 0 Å². The smallest absolute Gasteiger partial charge is 0.0603 e. The van der Waals surface area contributed by atoms with Crippen LogP contribution in [0.15, 0.2) is 47.8 Å². The molecule has 226 valence electrons. The van der Waals surface area contributed by atoms with E-state index in [0.29, 0.717) is 5.36 Å². The zero-order valence-corrected chi connectivity index (χ0v) is 26.4. The first-order valence-electron chi connectivity index (χ1n) is 17.1. The number of hydrogen-bond donors (Lipinski definition) is 1. The first-order chi connectivity index (χ1) is 19.7. The molecule has 0 amide bonds. The van der Waals surface area contributed by atoms with E-state index >= 15 is 0 Å². The lowest BCUT2D eigenvalue weighted by Gasteiger charge is -2.14. The van der Waals surface area contributed by atoms with Gasteiger partial charge in [-0.3, -0.25) is 4.99 Å². The van der Waals surface area contributed by atoms with E-state index in [-0.39, 0.29) is 0 Å². The van der Waals surface area contributed by atoms with Gasteiger partial charge in [-0.15, -0.1) is 0 Å². The van der Waals surface area contributed by atoms with Crippen LogP contribution in [0.1, 0.15) is 148 Å². The quantitative estimate of drug-likeness (QED) is 0.120. The van der Waals surface area contributed by atoms with Crippen LogP contribution in [0.2, 0.25) is 0 Å². The van der Waals surface area contributed by atoms with Crippen LogP contribution in [0.4, 0.5) is 0 Å². The average molecular weight is 551 g/mol. The largest absolute Gasteiger partial charge is 0.354 e. The standard InChI is InChI=1S/C36H62N4/c1-3-5-7-9-15-19-23-36-33-34(37)24-32-40(36)29-22-18-14-12-11-13-17-21-28-39-30-25-35(26-31-39)38-27-20-16-10-8-6-4-2/h24-26,30-33,37H,3-23,27-29H2,1-2H3. The molecule has 0 unspecified atom stereocenters. The van der Waals surface area contributed by atoms with Crippen molar-refractivity contribution in [3.05, 3.63) is 59.3 Å². The van der Waals surface area contributed by atoms with Crippen LogP contribution < -0.4 is 10.7 Å². The summed E-state index contributed by atoms with van der Waals surface area (Å²) in [5.41, 5.74) is 1.36. The number of unbranched alkanes of at least 4 members (excludes halogenated alkanes) is 17. The first kappa shape index (κ1) is 34.1. The number of rotatable bonds is 25. The topological polar surface area (TPSA) is 46.1 Å². The van der Waals surface area contributed by atoms with Crippen LogP contribution >= 0.6 is 0 Å². The van der Waals surface area contributed by atoms with Crippen LogP contribution in [-0.2, 0) is 19.5 Å². The number of nitrogens with one attached hydrogen (secondary N) is 1. The maximum Gasteiger partial charge on any atom is 0.0603 e. The molecule has 0 saturated carbocycles. The molecule has 2 rings (SSSR count). The molecule has 2 aromatic rings. The lowest BCUT2D eigenvalue weighted by molar-refractivity contribution is 0.516. The Kier molecular flexibility index (Phi) is 20.1. The van der Waals surface area contributed by atoms with Gasteiger partial charge < -0.3 is 14.5 Å². The van der Waals surface area contributed by atoms with Gasteiger partial charge in [-0.2, -0.15) is 0 Å². The summed E-state index contributed by atoms with van der Waals surface area (Å²) in [5, 5.41) is 9.81. The molecule has 0 radical (unpaired) electrons. The zero-order chi connectivity index (χ0) is 28.5. The molecule has 2 aromatic heterocycles. The first-order valence-corrected chi connectivity index (χ1v) is 17.1. The molecule has 0 bridgehead atoms. The Morgan fingerprint density at radius 1 is 0.575 bits per heavy atom. The van der Waals surface area contributed by atoms with Crippen LogP contribution in [0, 0.1) is 5.41 Å². The Labute approximate surface area is 246 Å². The van der Waals surface area contributed by atoms with Gasteiger partial charge in [-0.25, -0.2) is 0 Å². The predicted octanol–water partition coefficient (Wildman–Crippen LogP) is 9.75. The molecule has 0 aliphatic rings. The molecule has 0 aliphatic carbocycles. The van der Waals surface area contributed by atoms with E-state index in [1.165, 1.54) is 134 Å². The number of pyridine rings is 2. The van der Waals surface area contributed by atoms with Gasteiger partial charge in [0.25, 0.3) is 0 Å². The van der Waals surface area contributed by atoms with Gasteiger partial charge in [0.2, 0.25) is 0 Å².